The molecule has 0 rings (SSSR count). The van der Waals surface area contributed by atoms with Crippen LogP contribution in [0.5, 0.6) is 0 Å². The van der Waals surface area contributed by atoms with Crippen LogP contribution in [0.1, 0.15) is 20.8 Å². The van der Waals surface area contributed by atoms with Crippen LogP contribution in [0, 0.1) is 5.92 Å². The van der Waals surface area contributed by atoms with Crippen LogP contribution in [0.25, 0.3) is 0 Å². The zero-order valence-electron chi connectivity index (χ0n) is 5.82. The number of hydrogen-bond acceptors (Lipinski definition) is 0. The lowest BCUT2D eigenvalue weighted by atomic mass is 10.3. The molecule has 0 N–H and O–H groups in total. The van der Waals surface area contributed by atoms with Gasteiger partial charge < -0.3 is 0 Å². The fourth-order valence-corrected chi connectivity index (χ4v) is 3.31. The summed E-state index contributed by atoms with van der Waals surface area (Å²) in [5, 5.41) is 0. The van der Waals surface area contributed by atoms with Crippen molar-refractivity contribution in [1.82, 2.24) is 0 Å². The smallest absolute Gasteiger partial charge is 0.0204 e. The van der Waals surface area contributed by atoms with Crippen LogP contribution >= 0.6 is 22.1 Å². The third-order valence-electron chi connectivity index (χ3n) is 0.906. The van der Waals surface area contributed by atoms with Crippen molar-refractivity contribution in [3.8, 4) is 0 Å². The lowest BCUT2D eigenvalue weighted by molar-refractivity contribution is 0.747. The van der Waals surface area contributed by atoms with Gasteiger partial charge in [-0.15, -0.1) is 0 Å². The molecule has 1 unspecified atom stereocenters. The van der Waals surface area contributed by atoms with Gasteiger partial charge in [0.05, 0.1) is 0 Å². The second-order valence-corrected chi connectivity index (χ2v) is 7.29. The van der Waals surface area contributed by atoms with Crippen LogP contribution in [0.2, 0.25) is 0 Å². The Labute approximate surface area is 61.5 Å². The molecule has 0 bridgehead atoms. The molecule has 0 heterocycles. The lowest BCUT2D eigenvalue weighted by Crippen LogP contribution is -1.91. The molecule has 0 fully saturated rings. The topological polar surface area (TPSA) is 0 Å². The Hall–Kier alpha value is 0.910. The number of halogens is 1. The minimum atomic E-state index is 0.195. The van der Waals surface area contributed by atoms with Crippen LogP contribution in [-0.2, 0) is 0 Å². The minimum absolute atomic E-state index is 0.195. The zero-order chi connectivity index (χ0) is 6.57. The first-order valence-corrected chi connectivity index (χ1v) is 6.80. The summed E-state index contributed by atoms with van der Waals surface area (Å²) < 4.78 is 0. The fourth-order valence-electron chi connectivity index (χ4n) is 0.525. The van der Waals surface area contributed by atoms with Gasteiger partial charge >= 0.3 is 0 Å². The maximum absolute atomic E-state index is 3.64. The quantitative estimate of drug-likeness (QED) is 0.607. The summed E-state index contributed by atoms with van der Waals surface area (Å²) in [6.45, 7) is 6.97. The zero-order valence-corrected chi connectivity index (χ0v) is 8.30. The van der Waals surface area contributed by atoms with Crippen LogP contribution in [0.4, 0.5) is 0 Å². The van der Waals surface area contributed by atoms with Gasteiger partial charge in [-0.25, -0.2) is 0 Å². The normalized spacial score (nSPS) is 14.6. The molecular weight excluding hydrogens is 183 g/mol. The van der Waals surface area contributed by atoms with E-state index in [4.69, 9.17) is 0 Å². The SMILES string of the molecule is CCP(Br)CC(C)C. The standard InChI is InChI=1S/C6H14BrP/c1-4-8(7)5-6(2)3/h6H,4-5H2,1-3H3. The van der Waals surface area contributed by atoms with Crippen LogP contribution in [0.3, 0.4) is 0 Å². The summed E-state index contributed by atoms with van der Waals surface area (Å²) in [7, 11) is 0. The van der Waals surface area contributed by atoms with E-state index in [1.807, 2.05) is 0 Å². The second-order valence-electron chi connectivity index (χ2n) is 2.36. The molecule has 0 aromatic carbocycles. The van der Waals surface area contributed by atoms with E-state index >= 15 is 0 Å². The van der Waals surface area contributed by atoms with Crippen LogP contribution < -0.4 is 0 Å². The summed E-state index contributed by atoms with van der Waals surface area (Å²) >= 11 is 3.64. The van der Waals surface area contributed by atoms with Crippen molar-refractivity contribution in [3.63, 3.8) is 0 Å². The van der Waals surface area contributed by atoms with E-state index in [0.29, 0.717) is 0 Å². The summed E-state index contributed by atoms with van der Waals surface area (Å²) in [4.78, 5) is 0. The van der Waals surface area contributed by atoms with Crippen molar-refractivity contribution in [1.29, 1.82) is 0 Å². The average Bonchev–Trinajstić information content (AvgIpc) is 1.65. The molecule has 0 aliphatic carbocycles. The highest BCUT2D eigenvalue weighted by atomic mass is 79.9. The van der Waals surface area contributed by atoms with E-state index < -0.39 is 0 Å². The Balaban J connectivity index is 3.10. The maximum atomic E-state index is 3.64. The third kappa shape index (κ3) is 5.05. The van der Waals surface area contributed by atoms with E-state index in [1.54, 1.807) is 0 Å². The van der Waals surface area contributed by atoms with Crippen molar-refractivity contribution in [2.75, 3.05) is 12.3 Å². The summed E-state index contributed by atoms with van der Waals surface area (Å²) in [6, 6.07) is 0. The Bertz CT molecular complexity index is 54.5. The molecular formula is C6H14BrP. The van der Waals surface area contributed by atoms with Crippen molar-refractivity contribution in [2.24, 2.45) is 5.92 Å². The molecule has 50 valence electrons. The summed E-state index contributed by atoms with van der Waals surface area (Å²) in [5.74, 6) is 0.862. The summed E-state index contributed by atoms with van der Waals surface area (Å²) in [6.07, 6.45) is 2.68. The maximum Gasteiger partial charge on any atom is -0.0204 e. The van der Waals surface area contributed by atoms with E-state index in [2.05, 4.69) is 36.3 Å². The first kappa shape index (κ1) is 8.91. The monoisotopic (exact) mass is 196 g/mol. The first-order valence-electron chi connectivity index (χ1n) is 3.07. The molecule has 0 saturated carbocycles. The van der Waals surface area contributed by atoms with Crippen LogP contribution in [-0.4, -0.2) is 12.3 Å². The van der Waals surface area contributed by atoms with E-state index in [-0.39, 0.29) is 6.62 Å². The van der Waals surface area contributed by atoms with Crippen molar-refractivity contribution >= 4 is 22.1 Å². The molecule has 0 aliphatic heterocycles. The van der Waals surface area contributed by atoms with Crippen molar-refractivity contribution in [3.05, 3.63) is 0 Å². The van der Waals surface area contributed by atoms with Crippen molar-refractivity contribution < 1.29 is 0 Å². The highest BCUT2D eigenvalue weighted by molar-refractivity contribution is 9.39. The third-order valence-corrected chi connectivity index (χ3v) is 5.09. The van der Waals surface area contributed by atoms with Gasteiger partial charge in [-0.1, -0.05) is 36.3 Å². The molecule has 0 nitrogen and oxygen atoms in total. The first-order chi connectivity index (χ1) is 3.66. The fraction of sp³-hybridized carbons (Fsp3) is 1.00. The molecule has 8 heavy (non-hydrogen) atoms. The number of hydrogen-bond donors (Lipinski definition) is 0. The lowest BCUT2D eigenvalue weighted by Gasteiger charge is -2.08. The van der Waals surface area contributed by atoms with E-state index in [9.17, 15) is 0 Å². The average molecular weight is 197 g/mol. The largest absolute Gasteiger partial charge is 0.0624 e. The van der Waals surface area contributed by atoms with Gasteiger partial charge in [0.2, 0.25) is 0 Å². The number of rotatable bonds is 3. The molecule has 1 atom stereocenters. The van der Waals surface area contributed by atoms with Gasteiger partial charge in [0, 0.05) is 0 Å². The molecule has 0 spiro atoms. The minimum Gasteiger partial charge on any atom is -0.0624 e. The summed E-state index contributed by atoms with van der Waals surface area (Å²) in [5.41, 5.74) is 0. The predicted molar refractivity (Wildman–Crippen MR) is 46.1 cm³/mol. The Morgan fingerprint density at radius 1 is 1.50 bits per heavy atom. The highest BCUT2D eigenvalue weighted by Gasteiger charge is 2.01. The van der Waals surface area contributed by atoms with Gasteiger partial charge in [-0.2, -0.15) is 0 Å². The van der Waals surface area contributed by atoms with E-state index in [0.717, 1.165) is 5.92 Å². The van der Waals surface area contributed by atoms with Gasteiger partial charge in [-0.3, -0.25) is 0 Å². The van der Waals surface area contributed by atoms with Crippen molar-refractivity contribution in [2.45, 2.75) is 20.8 Å². The van der Waals surface area contributed by atoms with E-state index in [1.165, 1.54) is 12.3 Å². The molecule has 0 amide bonds. The highest BCUT2D eigenvalue weighted by Crippen LogP contribution is 2.44. The molecule has 0 aromatic heterocycles. The Morgan fingerprint density at radius 3 is 2.12 bits per heavy atom. The molecule has 0 radical (unpaired) electrons. The molecule has 0 aromatic rings. The second kappa shape index (κ2) is 4.76. The predicted octanol–water partition coefficient (Wildman–Crippen LogP) is 3.45. The van der Waals surface area contributed by atoms with Gasteiger partial charge in [0.15, 0.2) is 0 Å². The Kier molecular flexibility index (Phi) is 5.30. The van der Waals surface area contributed by atoms with Gasteiger partial charge in [-0.05, 0) is 24.9 Å². The van der Waals surface area contributed by atoms with Gasteiger partial charge in [0.25, 0.3) is 0 Å². The molecule has 0 saturated heterocycles. The molecule has 0 aliphatic rings. The van der Waals surface area contributed by atoms with Crippen LogP contribution in [0.15, 0.2) is 0 Å². The molecule has 2 heteroatoms. The Morgan fingerprint density at radius 2 is 2.00 bits per heavy atom. The van der Waals surface area contributed by atoms with Gasteiger partial charge in [0.1, 0.15) is 0 Å².